The van der Waals surface area contributed by atoms with Crippen molar-refractivity contribution in [2.24, 2.45) is 0 Å². The third kappa shape index (κ3) is 2.45. The molecule has 0 aliphatic rings. The third-order valence-corrected chi connectivity index (χ3v) is 1.88. The molecule has 0 amide bonds. The maximum absolute atomic E-state index is 11.2. The number of aliphatic carboxylic acids is 2. The molecular formula is C8H6N2O7. The van der Waals surface area contributed by atoms with Gasteiger partial charge < -0.3 is 15.2 Å². The zero-order chi connectivity index (χ0) is 13.2. The van der Waals surface area contributed by atoms with Gasteiger partial charge in [0.2, 0.25) is 0 Å². The van der Waals surface area contributed by atoms with E-state index in [9.17, 15) is 24.0 Å². The van der Waals surface area contributed by atoms with E-state index in [2.05, 4.69) is 0 Å². The second-order valence-electron chi connectivity index (χ2n) is 2.97. The quantitative estimate of drug-likeness (QED) is 0.347. The van der Waals surface area contributed by atoms with E-state index in [0.717, 1.165) is 0 Å². The molecule has 0 radical (unpaired) electrons. The van der Waals surface area contributed by atoms with Crippen LogP contribution in [0.3, 0.4) is 0 Å². The van der Waals surface area contributed by atoms with Gasteiger partial charge in [-0.3, -0.25) is 19.4 Å². The second kappa shape index (κ2) is 4.43. The van der Waals surface area contributed by atoms with Crippen molar-refractivity contribution in [3.05, 3.63) is 32.6 Å². The molecule has 0 fully saturated rings. The molecule has 1 unspecified atom stereocenters. The molecule has 1 rings (SSSR count). The van der Waals surface area contributed by atoms with Crippen molar-refractivity contribution >= 4 is 17.7 Å². The zero-order valence-electron chi connectivity index (χ0n) is 8.09. The molecular weight excluding hydrogens is 236 g/mol. The van der Waals surface area contributed by atoms with Gasteiger partial charge in [0.25, 0.3) is 11.3 Å². The van der Waals surface area contributed by atoms with E-state index in [-0.39, 0.29) is 0 Å². The van der Waals surface area contributed by atoms with Gasteiger partial charge in [-0.05, 0) is 0 Å². The van der Waals surface area contributed by atoms with Crippen LogP contribution in [0.4, 0.5) is 0 Å². The maximum Gasteiger partial charge on any atom is 0.373 e. The lowest BCUT2D eigenvalue weighted by Crippen LogP contribution is -2.35. The molecule has 9 nitrogen and oxygen atoms in total. The highest BCUT2D eigenvalue weighted by Gasteiger charge is 2.35. The van der Waals surface area contributed by atoms with Gasteiger partial charge in [0.05, 0.1) is 5.56 Å². The molecule has 0 saturated carbocycles. The predicted molar refractivity (Wildman–Crippen MR) is 50.7 cm³/mol. The molecule has 90 valence electrons. The molecule has 0 saturated heterocycles. The molecule has 1 aromatic heterocycles. The van der Waals surface area contributed by atoms with Crippen LogP contribution in [0.2, 0.25) is 0 Å². The molecule has 1 heterocycles. The molecule has 1 atom stereocenters. The van der Waals surface area contributed by atoms with Gasteiger partial charge >= 0.3 is 17.6 Å². The first-order valence-corrected chi connectivity index (χ1v) is 4.16. The topological polar surface area (TPSA) is 157 Å². The first-order chi connectivity index (χ1) is 7.84. The summed E-state index contributed by atoms with van der Waals surface area (Å²) in [5.74, 6) is -7.61. The summed E-state index contributed by atoms with van der Waals surface area (Å²) in [6, 6.07) is 0. The van der Waals surface area contributed by atoms with Crippen molar-refractivity contribution in [3.8, 4) is 0 Å². The number of carboxylic acid groups (broad SMARTS) is 2. The summed E-state index contributed by atoms with van der Waals surface area (Å²) in [4.78, 5) is 57.8. The highest BCUT2D eigenvalue weighted by Crippen LogP contribution is 2.11. The summed E-state index contributed by atoms with van der Waals surface area (Å²) < 4.78 is 0. The Kier molecular flexibility index (Phi) is 3.22. The van der Waals surface area contributed by atoms with Crippen LogP contribution in [-0.2, 0) is 14.4 Å². The van der Waals surface area contributed by atoms with Gasteiger partial charge in [-0.1, -0.05) is 0 Å². The fraction of sp³-hybridized carbons (Fsp3) is 0.125. The number of aromatic nitrogens is 2. The van der Waals surface area contributed by atoms with Crippen molar-refractivity contribution in [3.63, 3.8) is 0 Å². The number of carbonyl (C=O) groups excluding carboxylic acids is 1. The number of aromatic amines is 2. The molecule has 0 aromatic carbocycles. The Labute approximate surface area is 91.7 Å². The lowest BCUT2D eigenvalue weighted by molar-refractivity contribution is -0.154. The minimum absolute atomic E-state index is 0.649. The number of hydrogen-bond donors (Lipinski definition) is 4. The average Bonchev–Trinajstić information content (AvgIpc) is 2.20. The van der Waals surface area contributed by atoms with Crippen LogP contribution in [0.1, 0.15) is 11.5 Å². The summed E-state index contributed by atoms with van der Waals surface area (Å²) in [5, 5.41) is 17.1. The molecule has 1 aromatic rings. The summed E-state index contributed by atoms with van der Waals surface area (Å²) in [6.45, 7) is 0. The fourth-order valence-corrected chi connectivity index (χ4v) is 1.14. The predicted octanol–water partition coefficient (Wildman–Crippen LogP) is -2.11. The van der Waals surface area contributed by atoms with Crippen LogP contribution in [0.5, 0.6) is 0 Å². The van der Waals surface area contributed by atoms with Crippen molar-refractivity contribution in [1.82, 2.24) is 9.97 Å². The van der Waals surface area contributed by atoms with Crippen LogP contribution in [0, 0.1) is 0 Å². The third-order valence-electron chi connectivity index (χ3n) is 1.88. The Hall–Kier alpha value is -2.71. The number of carboxylic acids is 2. The Morgan fingerprint density at radius 3 is 2.18 bits per heavy atom. The van der Waals surface area contributed by atoms with Crippen LogP contribution in [-0.4, -0.2) is 37.9 Å². The molecule has 0 bridgehead atoms. The van der Waals surface area contributed by atoms with Gasteiger partial charge in [-0.25, -0.2) is 9.59 Å². The molecule has 0 aliphatic carbocycles. The maximum atomic E-state index is 11.2. The van der Waals surface area contributed by atoms with E-state index in [1.807, 2.05) is 4.98 Å². The second-order valence-corrected chi connectivity index (χ2v) is 2.97. The Bertz CT molecular complexity index is 596. The van der Waals surface area contributed by atoms with E-state index in [4.69, 9.17) is 10.2 Å². The van der Waals surface area contributed by atoms with Crippen LogP contribution < -0.4 is 11.2 Å². The summed E-state index contributed by atoms with van der Waals surface area (Å²) in [6.07, 6.45) is 0.695. The van der Waals surface area contributed by atoms with E-state index in [0.29, 0.717) is 6.20 Å². The number of nitrogens with one attached hydrogen (secondary N) is 2. The van der Waals surface area contributed by atoms with Crippen molar-refractivity contribution in [2.75, 3.05) is 0 Å². The molecule has 9 heteroatoms. The number of Topliss-reactive ketones (excluding diaryl/α,β-unsaturated/α-hetero) is 1. The van der Waals surface area contributed by atoms with E-state index in [1.165, 1.54) is 0 Å². The molecule has 4 N–H and O–H groups in total. The van der Waals surface area contributed by atoms with Gasteiger partial charge in [-0.15, -0.1) is 0 Å². The van der Waals surface area contributed by atoms with Crippen LogP contribution in [0.25, 0.3) is 0 Å². The van der Waals surface area contributed by atoms with Crippen LogP contribution in [0.15, 0.2) is 15.8 Å². The molecule has 0 spiro atoms. The van der Waals surface area contributed by atoms with Crippen molar-refractivity contribution in [2.45, 2.75) is 5.92 Å². The monoisotopic (exact) mass is 242 g/mol. The van der Waals surface area contributed by atoms with Gasteiger partial charge in [0.1, 0.15) is 0 Å². The number of H-pyrrole nitrogens is 2. The standard InChI is InChI=1S/C8H6N2O7/c11-4(7(15)16)3(6(13)14)2-1-9-8(17)10-5(2)12/h1,3H,(H,13,14)(H,15,16)(H2,9,10,12,17). The Morgan fingerprint density at radius 1 is 1.18 bits per heavy atom. The van der Waals surface area contributed by atoms with Gasteiger partial charge in [0, 0.05) is 6.20 Å². The summed E-state index contributed by atoms with van der Waals surface area (Å²) in [5.41, 5.74) is -2.68. The average molecular weight is 242 g/mol. The fourth-order valence-electron chi connectivity index (χ4n) is 1.14. The van der Waals surface area contributed by atoms with Crippen molar-refractivity contribution < 1.29 is 24.6 Å². The van der Waals surface area contributed by atoms with E-state index in [1.54, 1.807) is 4.98 Å². The Morgan fingerprint density at radius 2 is 1.76 bits per heavy atom. The van der Waals surface area contributed by atoms with Crippen LogP contribution >= 0.6 is 0 Å². The van der Waals surface area contributed by atoms with Crippen molar-refractivity contribution in [1.29, 1.82) is 0 Å². The number of hydrogen-bond acceptors (Lipinski definition) is 5. The van der Waals surface area contributed by atoms with Gasteiger partial charge in [-0.2, -0.15) is 0 Å². The number of carbonyl (C=O) groups is 3. The number of rotatable bonds is 4. The summed E-state index contributed by atoms with van der Waals surface area (Å²) >= 11 is 0. The number of ketones is 1. The van der Waals surface area contributed by atoms with E-state index < -0.39 is 40.5 Å². The lowest BCUT2D eigenvalue weighted by Gasteiger charge is -2.06. The molecule has 17 heavy (non-hydrogen) atoms. The SMILES string of the molecule is O=C(O)C(=O)C(C(=O)O)c1c[nH]c(=O)[nH]c1=O. The highest BCUT2D eigenvalue weighted by molar-refractivity contribution is 6.38. The smallest absolute Gasteiger partial charge is 0.373 e. The largest absolute Gasteiger partial charge is 0.480 e. The van der Waals surface area contributed by atoms with Gasteiger partial charge in [0.15, 0.2) is 5.92 Å². The Balaban J connectivity index is 3.39. The normalized spacial score (nSPS) is 11.8. The first kappa shape index (κ1) is 12.4. The highest BCUT2D eigenvalue weighted by atomic mass is 16.4. The minimum Gasteiger partial charge on any atom is -0.480 e. The summed E-state index contributed by atoms with van der Waals surface area (Å²) in [7, 11) is 0. The molecule has 0 aliphatic heterocycles. The first-order valence-electron chi connectivity index (χ1n) is 4.16. The minimum atomic E-state index is -2.16. The lowest BCUT2D eigenvalue weighted by atomic mass is 9.97. The zero-order valence-corrected chi connectivity index (χ0v) is 8.09. The van der Waals surface area contributed by atoms with E-state index >= 15 is 0 Å².